The molecule has 0 aliphatic heterocycles. The molecule has 0 amide bonds. The van der Waals surface area contributed by atoms with Crippen molar-refractivity contribution in [2.24, 2.45) is 0 Å². The first-order valence-electron chi connectivity index (χ1n) is 4.76. The molecule has 0 N–H and O–H groups in total. The van der Waals surface area contributed by atoms with Crippen molar-refractivity contribution in [3.05, 3.63) is 42.0 Å². The maximum Gasteiger partial charge on any atom is -1.00 e. The van der Waals surface area contributed by atoms with E-state index in [1.807, 2.05) is 0 Å². The van der Waals surface area contributed by atoms with Gasteiger partial charge in [0.2, 0.25) is 0 Å². The third-order valence-electron chi connectivity index (χ3n) is 2.41. The fraction of sp³-hybridized carbons (Fsp3) is 0.333. The second kappa shape index (κ2) is 6.89. The van der Waals surface area contributed by atoms with Crippen molar-refractivity contribution in [2.45, 2.75) is 26.7 Å². The summed E-state index contributed by atoms with van der Waals surface area (Å²) in [6, 6.07) is 0. The molecule has 0 nitrogen and oxygen atoms in total. The summed E-state index contributed by atoms with van der Waals surface area (Å²) in [6.07, 6.45) is 12.0. The molecule has 15 heavy (non-hydrogen) atoms. The SMILES string of the molecule is CC1=CC[C]([Zr+2][C]2=CC(C)=CC2)=C1.[Cl-].[Cl-]. The molecule has 0 radical (unpaired) electrons. The molecule has 0 fully saturated rings. The number of hydrogen-bond acceptors (Lipinski definition) is 0. The molecule has 2 rings (SSSR count). The van der Waals surface area contributed by atoms with Gasteiger partial charge in [0.05, 0.1) is 0 Å². The van der Waals surface area contributed by atoms with Crippen LogP contribution in [0.5, 0.6) is 0 Å². The Bertz CT molecular complexity index is 315. The van der Waals surface area contributed by atoms with Crippen LogP contribution in [0.15, 0.2) is 42.0 Å². The summed E-state index contributed by atoms with van der Waals surface area (Å²) in [7, 11) is 0. The maximum absolute atomic E-state index is 2.40. The molecule has 0 bridgehead atoms. The van der Waals surface area contributed by atoms with Crippen molar-refractivity contribution < 1.29 is 48.0 Å². The minimum absolute atomic E-state index is 0. The van der Waals surface area contributed by atoms with E-state index in [0.717, 1.165) is 0 Å². The number of hydrogen-bond donors (Lipinski definition) is 0. The first kappa shape index (κ1) is 15.4. The molecule has 0 aromatic heterocycles. The van der Waals surface area contributed by atoms with Gasteiger partial charge < -0.3 is 24.8 Å². The summed E-state index contributed by atoms with van der Waals surface area (Å²) in [4.78, 5) is 0. The Balaban J connectivity index is 0.000000980. The molecular formula is C12H14Cl2Zr. The van der Waals surface area contributed by atoms with Gasteiger partial charge in [0.25, 0.3) is 0 Å². The van der Waals surface area contributed by atoms with E-state index in [-0.39, 0.29) is 48.0 Å². The molecular weight excluding hydrogens is 306 g/mol. The molecule has 3 heteroatoms. The van der Waals surface area contributed by atoms with Crippen LogP contribution in [0.1, 0.15) is 26.7 Å². The van der Waals surface area contributed by atoms with Crippen molar-refractivity contribution >= 4 is 0 Å². The van der Waals surface area contributed by atoms with Crippen molar-refractivity contribution in [3.8, 4) is 0 Å². The number of rotatable bonds is 2. The Hall–Kier alpha value is 0.423. The van der Waals surface area contributed by atoms with E-state index in [9.17, 15) is 0 Å². The molecule has 0 atom stereocenters. The van der Waals surface area contributed by atoms with Crippen molar-refractivity contribution in [1.82, 2.24) is 0 Å². The van der Waals surface area contributed by atoms with Gasteiger partial charge in [0.15, 0.2) is 0 Å². The molecule has 0 aromatic carbocycles. The van der Waals surface area contributed by atoms with Crippen molar-refractivity contribution in [2.75, 3.05) is 0 Å². The normalized spacial score (nSPS) is 17.7. The zero-order chi connectivity index (χ0) is 9.26. The van der Waals surface area contributed by atoms with Gasteiger partial charge in [-0.05, 0) is 0 Å². The smallest absolute Gasteiger partial charge is 1.00 e. The van der Waals surface area contributed by atoms with Crippen LogP contribution in [0.4, 0.5) is 0 Å². The standard InChI is InChI=1S/2C6H7.2ClH.Zr/c2*1-6-4-2-3-5-6;;;/h2*4-5H,2H2,1H3;2*1H;/q;;;;+2/p-2. The fourth-order valence-corrected chi connectivity index (χ4v) is 5.20. The van der Waals surface area contributed by atoms with E-state index >= 15 is 0 Å². The summed E-state index contributed by atoms with van der Waals surface area (Å²) in [5.74, 6) is 0. The van der Waals surface area contributed by atoms with Crippen molar-refractivity contribution in [3.63, 3.8) is 0 Å². The van der Waals surface area contributed by atoms with E-state index < -0.39 is 0 Å². The summed E-state index contributed by atoms with van der Waals surface area (Å²) in [5, 5.41) is 0. The summed E-state index contributed by atoms with van der Waals surface area (Å²) in [6.45, 7) is 4.41. The fourth-order valence-electron chi connectivity index (χ4n) is 1.71. The van der Waals surface area contributed by atoms with E-state index in [1.165, 1.54) is 24.0 Å². The Morgan fingerprint density at radius 2 is 1.27 bits per heavy atom. The van der Waals surface area contributed by atoms with Gasteiger partial charge in [-0.15, -0.1) is 0 Å². The topological polar surface area (TPSA) is 0 Å². The minimum atomic E-state index is -0.364. The summed E-state index contributed by atoms with van der Waals surface area (Å²) in [5.41, 5.74) is 2.94. The molecule has 0 saturated carbocycles. The molecule has 0 spiro atoms. The molecule has 2 aliphatic rings. The van der Waals surface area contributed by atoms with Crippen LogP contribution < -0.4 is 24.8 Å². The van der Waals surface area contributed by atoms with Gasteiger partial charge in [-0.3, -0.25) is 0 Å². The Kier molecular flexibility index (Phi) is 7.08. The molecule has 0 aromatic rings. The quantitative estimate of drug-likeness (QED) is 0.530. The zero-order valence-corrected chi connectivity index (χ0v) is 12.9. The average Bonchev–Trinajstić information content (AvgIpc) is 2.62. The van der Waals surface area contributed by atoms with Crippen molar-refractivity contribution in [1.29, 1.82) is 0 Å². The summed E-state index contributed by atoms with van der Waals surface area (Å²) >= 11 is -0.364. The van der Waals surface area contributed by atoms with Gasteiger partial charge in [-0.2, -0.15) is 0 Å². The third-order valence-corrected chi connectivity index (χ3v) is 5.70. The van der Waals surface area contributed by atoms with E-state index in [1.54, 1.807) is 6.56 Å². The van der Waals surface area contributed by atoms with Crippen LogP contribution in [0.2, 0.25) is 0 Å². The Morgan fingerprint density at radius 3 is 1.53 bits per heavy atom. The van der Waals surface area contributed by atoms with Gasteiger partial charge in [-0.1, -0.05) is 0 Å². The Morgan fingerprint density at radius 1 is 0.867 bits per heavy atom. The van der Waals surface area contributed by atoms with Gasteiger partial charge in [-0.25, -0.2) is 0 Å². The first-order chi connectivity index (χ1) is 6.24. The van der Waals surface area contributed by atoms with E-state index in [2.05, 4.69) is 38.2 Å². The monoisotopic (exact) mass is 318 g/mol. The molecule has 0 heterocycles. The van der Waals surface area contributed by atoms with E-state index in [0.29, 0.717) is 0 Å². The number of halogens is 2. The Labute approximate surface area is 116 Å². The second-order valence-electron chi connectivity index (χ2n) is 3.77. The predicted octanol–water partition coefficient (Wildman–Crippen LogP) is -2.46. The molecule has 2 aliphatic carbocycles. The minimum Gasteiger partial charge on any atom is -1.00 e. The third kappa shape index (κ3) is 4.43. The van der Waals surface area contributed by atoms with Crippen LogP contribution in [-0.2, 0) is 23.2 Å². The van der Waals surface area contributed by atoms with E-state index in [4.69, 9.17) is 0 Å². The molecule has 0 saturated heterocycles. The van der Waals surface area contributed by atoms with Gasteiger partial charge in [0, 0.05) is 0 Å². The average molecular weight is 320 g/mol. The zero-order valence-electron chi connectivity index (χ0n) is 8.98. The second-order valence-corrected chi connectivity index (χ2v) is 7.54. The van der Waals surface area contributed by atoms with Crippen LogP contribution in [0.3, 0.4) is 0 Å². The van der Waals surface area contributed by atoms with Gasteiger partial charge >= 0.3 is 91.9 Å². The molecule has 80 valence electrons. The first-order valence-corrected chi connectivity index (χ1v) is 7.21. The van der Waals surface area contributed by atoms with Crippen LogP contribution >= 0.6 is 0 Å². The van der Waals surface area contributed by atoms with Gasteiger partial charge in [0.1, 0.15) is 0 Å². The van der Waals surface area contributed by atoms with Crippen LogP contribution in [0.25, 0.3) is 0 Å². The summed E-state index contributed by atoms with van der Waals surface area (Å²) < 4.78 is 3.49. The predicted molar refractivity (Wildman–Crippen MR) is 52.9 cm³/mol. The molecule has 0 unspecified atom stereocenters. The van der Waals surface area contributed by atoms with Crippen LogP contribution in [-0.4, -0.2) is 0 Å². The largest absolute Gasteiger partial charge is 1.00 e. The maximum atomic E-state index is 2.40. The van der Waals surface area contributed by atoms with Crippen LogP contribution in [0, 0.1) is 0 Å². The number of allylic oxidation sites excluding steroid dienone is 8.